The summed E-state index contributed by atoms with van der Waals surface area (Å²) in [5.74, 6) is 3.08. The third kappa shape index (κ3) is 4.09. The lowest BCUT2D eigenvalue weighted by molar-refractivity contribution is 0.324. The number of ether oxygens (including phenoxy) is 3. The van der Waals surface area contributed by atoms with Gasteiger partial charge in [-0.1, -0.05) is 12.8 Å². The highest BCUT2D eigenvalue weighted by Gasteiger charge is 2.17. The second-order valence-corrected chi connectivity index (χ2v) is 6.38. The van der Waals surface area contributed by atoms with Gasteiger partial charge in [0.2, 0.25) is 11.7 Å². The highest BCUT2D eigenvalue weighted by Crippen LogP contribution is 2.40. The van der Waals surface area contributed by atoms with Crippen molar-refractivity contribution in [2.75, 3.05) is 32.0 Å². The van der Waals surface area contributed by atoms with Crippen LogP contribution in [0.2, 0.25) is 0 Å². The predicted octanol–water partition coefficient (Wildman–Crippen LogP) is 3.91. The third-order valence-corrected chi connectivity index (χ3v) is 4.48. The summed E-state index contributed by atoms with van der Waals surface area (Å²) in [5.41, 5.74) is 1.66. The monoisotopic (exact) mass is 358 g/mol. The quantitative estimate of drug-likeness (QED) is 0.777. The fraction of sp³-hybridized carbons (Fsp3) is 0.474. The Bertz CT molecular complexity index is 735. The van der Waals surface area contributed by atoms with Crippen LogP contribution in [0.1, 0.15) is 31.4 Å². The Morgan fingerprint density at radius 1 is 0.923 bits per heavy atom. The molecule has 1 fully saturated rings. The van der Waals surface area contributed by atoms with Crippen molar-refractivity contribution in [1.82, 2.24) is 9.97 Å². The van der Waals surface area contributed by atoms with Gasteiger partial charge in [-0.25, -0.2) is 4.98 Å². The zero-order valence-electron chi connectivity index (χ0n) is 15.8. The number of rotatable bonds is 7. The van der Waals surface area contributed by atoms with Crippen LogP contribution in [0.5, 0.6) is 17.2 Å². The van der Waals surface area contributed by atoms with E-state index >= 15 is 0 Å². The van der Waals surface area contributed by atoms with Gasteiger partial charge in [-0.05, 0) is 19.8 Å². The number of aryl methyl sites for hydroxylation is 1. The molecule has 1 aliphatic rings. The number of benzene rings is 1. The molecule has 1 heterocycles. The molecule has 0 atom stereocenters. The summed E-state index contributed by atoms with van der Waals surface area (Å²) in [6.45, 7) is 1.96. The van der Waals surface area contributed by atoms with E-state index < -0.39 is 0 Å². The van der Waals surface area contributed by atoms with E-state index in [-0.39, 0.29) is 0 Å². The number of anilines is 3. The fourth-order valence-corrected chi connectivity index (χ4v) is 3.26. The highest BCUT2D eigenvalue weighted by molar-refractivity contribution is 5.66. The number of hydrogen-bond donors (Lipinski definition) is 2. The van der Waals surface area contributed by atoms with E-state index in [0.717, 1.165) is 17.2 Å². The Morgan fingerprint density at radius 3 is 2.15 bits per heavy atom. The predicted molar refractivity (Wildman–Crippen MR) is 102 cm³/mol. The Hall–Kier alpha value is -2.70. The number of nitrogens with one attached hydrogen (secondary N) is 2. The third-order valence-electron chi connectivity index (χ3n) is 4.48. The van der Waals surface area contributed by atoms with Crippen molar-refractivity contribution in [3.63, 3.8) is 0 Å². The minimum Gasteiger partial charge on any atom is -0.493 e. The second kappa shape index (κ2) is 8.12. The molecule has 7 nitrogen and oxygen atoms in total. The van der Waals surface area contributed by atoms with Crippen molar-refractivity contribution >= 4 is 17.5 Å². The van der Waals surface area contributed by atoms with Crippen LogP contribution >= 0.6 is 0 Å². The van der Waals surface area contributed by atoms with Crippen LogP contribution in [0.25, 0.3) is 0 Å². The molecular weight excluding hydrogens is 332 g/mol. The van der Waals surface area contributed by atoms with Gasteiger partial charge in [0.1, 0.15) is 5.82 Å². The van der Waals surface area contributed by atoms with Gasteiger partial charge in [0.05, 0.1) is 21.3 Å². The van der Waals surface area contributed by atoms with Crippen molar-refractivity contribution in [1.29, 1.82) is 0 Å². The molecule has 7 heteroatoms. The Labute approximate surface area is 154 Å². The summed E-state index contributed by atoms with van der Waals surface area (Å²) < 4.78 is 16.1. The fourth-order valence-electron chi connectivity index (χ4n) is 3.26. The first kappa shape index (κ1) is 18.1. The van der Waals surface area contributed by atoms with Crippen molar-refractivity contribution in [3.8, 4) is 17.2 Å². The van der Waals surface area contributed by atoms with Crippen molar-refractivity contribution < 1.29 is 14.2 Å². The normalized spacial score (nSPS) is 14.2. The maximum atomic E-state index is 5.40. The number of methoxy groups -OCH3 is 3. The summed E-state index contributed by atoms with van der Waals surface area (Å²) in [6.07, 6.45) is 4.94. The molecule has 1 saturated carbocycles. The molecule has 2 N–H and O–H groups in total. The van der Waals surface area contributed by atoms with Gasteiger partial charge in [0.25, 0.3) is 0 Å². The first-order chi connectivity index (χ1) is 12.6. The minimum atomic E-state index is 0.498. The van der Waals surface area contributed by atoms with Gasteiger partial charge in [-0.2, -0.15) is 4.98 Å². The van der Waals surface area contributed by atoms with Gasteiger partial charge >= 0.3 is 0 Å². The summed E-state index contributed by atoms with van der Waals surface area (Å²) in [7, 11) is 4.76. The lowest BCUT2D eigenvalue weighted by atomic mass is 10.2. The average molecular weight is 358 g/mol. The van der Waals surface area contributed by atoms with Crippen LogP contribution in [0.15, 0.2) is 18.2 Å². The zero-order chi connectivity index (χ0) is 18.5. The van der Waals surface area contributed by atoms with Gasteiger partial charge in [0, 0.05) is 35.6 Å². The van der Waals surface area contributed by atoms with Crippen LogP contribution in [0.4, 0.5) is 17.5 Å². The molecule has 0 bridgehead atoms. The van der Waals surface area contributed by atoms with E-state index in [1.165, 1.54) is 25.7 Å². The molecule has 0 amide bonds. The molecule has 1 aromatic carbocycles. The van der Waals surface area contributed by atoms with Crippen LogP contribution < -0.4 is 24.8 Å². The SMILES string of the molecule is COc1cc(Nc2nc(C)cc(NC3CCCC3)n2)cc(OC)c1OC. The topological polar surface area (TPSA) is 77.5 Å². The Balaban J connectivity index is 1.84. The van der Waals surface area contributed by atoms with Crippen molar-refractivity contribution in [3.05, 3.63) is 23.9 Å². The lowest BCUT2D eigenvalue weighted by Crippen LogP contribution is -2.16. The zero-order valence-corrected chi connectivity index (χ0v) is 15.8. The van der Waals surface area contributed by atoms with E-state index in [1.807, 2.05) is 25.1 Å². The van der Waals surface area contributed by atoms with E-state index in [0.29, 0.717) is 29.2 Å². The first-order valence-corrected chi connectivity index (χ1v) is 8.82. The van der Waals surface area contributed by atoms with E-state index in [2.05, 4.69) is 20.6 Å². The first-order valence-electron chi connectivity index (χ1n) is 8.82. The van der Waals surface area contributed by atoms with Crippen molar-refractivity contribution in [2.45, 2.75) is 38.6 Å². The second-order valence-electron chi connectivity index (χ2n) is 6.38. The Kier molecular flexibility index (Phi) is 5.65. The Morgan fingerprint density at radius 2 is 1.58 bits per heavy atom. The van der Waals surface area contributed by atoms with Gasteiger partial charge in [-0.3, -0.25) is 0 Å². The summed E-state index contributed by atoms with van der Waals surface area (Å²) in [5, 5.41) is 6.74. The summed E-state index contributed by atoms with van der Waals surface area (Å²) >= 11 is 0. The summed E-state index contributed by atoms with van der Waals surface area (Å²) in [6, 6.07) is 6.13. The maximum Gasteiger partial charge on any atom is 0.229 e. The molecular formula is C19H26N4O3. The average Bonchev–Trinajstić information content (AvgIpc) is 3.13. The van der Waals surface area contributed by atoms with Gasteiger partial charge in [0.15, 0.2) is 11.5 Å². The lowest BCUT2D eigenvalue weighted by Gasteiger charge is -2.16. The number of aromatic nitrogens is 2. The van der Waals surface area contributed by atoms with Gasteiger partial charge in [-0.15, -0.1) is 0 Å². The maximum absolute atomic E-state index is 5.40. The largest absolute Gasteiger partial charge is 0.493 e. The van der Waals surface area contributed by atoms with Crippen LogP contribution in [-0.4, -0.2) is 37.3 Å². The molecule has 1 aromatic heterocycles. The van der Waals surface area contributed by atoms with Crippen LogP contribution in [0.3, 0.4) is 0 Å². The number of nitrogens with zero attached hydrogens (tertiary/aromatic N) is 2. The molecule has 1 aliphatic carbocycles. The summed E-state index contributed by atoms with van der Waals surface area (Å²) in [4.78, 5) is 9.08. The smallest absolute Gasteiger partial charge is 0.229 e. The van der Waals surface area contributed by atoms with E-state index in [1.54, 1.807) is 21.3 Å². The molecule has 0 radical (unpaired) electrons. The molecule has 3 rings (SSSR count). The minimum absolute atomic E-state index is 0.498. The standard InChI is InChI=1S/C19H26N4O3/c1-12-9-17(21-13-7-5-6-8-13)23-19(20-12)22-14-10-15(24-2)18(26-4)16(11-14)25-3/h9-11,13H,5-8H2,1-4H3,(H2,20,21,22,23). The van der Waals surface area contributed by atoms with E-state index in [9.17, 15) is 0 Å². The molecule has 0 spiro atoms. The molecule has 2 aromatic rings. The molecule has 0 saturated heterocycles. The van der Waals surface area contributed by atoms with Crippen LogP contribution in [-0.2, 0) is 0 Å². The highest BCUT2D eigenvalue weighted by atomic mass is 16.5. The molecule has 140 valence electrons. The number of hydrogen-bond acceptors (Lipinski definition) is 7. The molecule has 26 heavy (non-hydrogen) atoms. The van der Waals surface area contributed by atoms with Crippen LogP contribution in [0, 0.1) is 6.92 Å². The van der Waals surface area contributed by atoms with Gasteiger partial charge < -0.3 is 24.8 Å². The van der Waals surface area contributed by atoms with E-state index in [4.69, 9.17) is 14.2 Å². The van der Waals surface area contributed by atoms with Crippen molar-refractivity contribution in [2.24, 2.45) is 0 Å². The molecule has 0 unspecified atom stereocenters. The molecule has 0 aliphatic heterocycles.